The molecule has 0 aromatic carbocycles. The van der Waals surface area contributed by atoms with Crippen LogP contribution in [0.1, 0.15) is 26.7 Å². The van der Waals surface area contributed by atoms with Crippen LogP contribution in [0, 0.1) is 0 Å². The Morgan fingerprint density at radius 2 is 0.833 bits per heavy atom. The summed E-state index contributed by atoms with van der Waals surface area (Å²) in [5, 5.41) is 157. The minimum absolute atomic E-state index is 0.0836. The first-order valence-corrected chi connectivity index (χ1v) is 25.6. The van der Waals surface area contributed by atoms with Gasteiger partial charge in [0.15, 0.2) is 25.2 Å². The highest BCUT2D eigenvalue weighted by Crippen LogP contribution is 2.35. The van der Waals surface area contributed by atoms with Gasteiger partial charge in [-0.25, -0.2) is 0 Å². The Morgan fingerprint density at radius 1 is 0.513 bits per heavy atom. The van der Waals surface area contributed by atoms with Gasteiger partial charge in [-0.15, -0.1) is 0 Å². The zero-order valence-corrected chi connectivity index (χ0v) is 43.6. The Bertz CT molecular complexity index is 1750. The number of rotatable bonds is 18. The summed E-state index contributed by atoms with van der Waals surface area (Å²) in [4.78, 5) is 24.9. The first-order valence-electron chi connectivity index (χ1n) is 25.6. The van der Waals surface area contributed by atoms with Crippen LogP contribution < -0.4 is 55.7 Å². The number of aliphatic hydroxyl groups excluding tert-OH is 12. The molecule has 4 aliphatic heterocycles. The largest absolute Gasteiger partial charge is 0.388 e. The third-order valence-electron chi connectivity index (χ3n) is 15.0. The molecule has 30 atom stereocenters. The number of amides is 2. The fourth-order valence-electron chi connectivity index (χ4n) is 10.4. The summed E-state index contributed by atoms with van der Waals surface area (Å²) in [5.74, 6) is -1.71. The van der Waals surface area contributed by atoms with Gasteiger partial charge in [-0.1, -0.05) is 0 Å². The minimum atomic E-state index is -1.72. The van der Waals surface area contributed by atoms with Crippen molar-refractivity contribution in [1.82, 2.24) is 21.3 Å². The molecular weight excluding hydrogens is 1050 g/mol. The fourth-order valence-corrected chi connectivity index (χ4v) is 10.4. The molecule has 0 aromatic heterocycles. The number of ether oxygens (including phenoxy) is 8. The lowest BCUT2D eigenvalue weighted by molar-refractivity contribution is -0.330. The predicted molar refractivity (Wildman–Crippen MR) is 261 cm³/mol. The van der Waals surface area contributed by atoms with Gasteiger partial charge >= 0.3 is 0 Å². The number of carbonyl (C=O) groups is 2. The molecule has 4 saturated heterocycles. The Kier molecular flexibility index (Phi) is 24.2. The van der Waals surface area contributed by atoms with E-state index in [9.17, 15) is 81.1 Å². The second-order valence-corrected chi connectivity index (χ2v) is 21.0. The third-order valence-corrected chi connectivity index (χ3v) is 15.0. The maximum absolute atomic E-state index is 12.4. The van der Waals surface area contributed by atoms with Crippen molar-refractivity contribution >= 4 is 11.8 Å². The summed E-state index contributed by atoms with van der Waals surface area (Å²) in [7, 11) is 3.05. The van der Waals surface area contributed by atoms with Crippen molar-refractivity contribution < 1.29 is 119 Å². The summed E-state index contributed by atoms with van der Waals surface area (Å²) in [6, 6.07) is -5.83. The molecule has 30 N–H and O–H groups in total. The number of nitrogens with one attached hydrogen (secondary N) is 4. The maximum Gasteiger partial charge on any atom is 0.250 e. The van der Waals surface area contributed by atoms with E-state index in [-0.39, 0.29) is 52.2 Å². The molecule has 2 aliphatic carbocycles. The molecule has 6 rings (SSSR count). The lowest BCUT2D eigenvalue weighted by atomic mass is 9.83. The van der Waals surface area contributed by atoms with Gasteiger partial charge in [0.1, 0.15) is 121 Å². The van der Waals surface area contributed by atoms with Crippen molar-refractivity contribution in [1.29, 1.82) is 0 Å². The second-order valence-electron chi connectivity index (χ2n) is 21.0. The highest BCUT2D eigenvalue weighted by molar-refractivity contribution is 5.81. The highest BCUT2D eigenvalue weighted by Gasteiger charge is 2.56. The molecule has 6 aliphatic rings. The van der Waals surface area contributed by atoms with Crippen molar-refractivity contribution in [2.24, 2.45) is 34.4 Å². The van der Waals surface area contributed by atoms with Crippen LogP contribution in [0.15, 0.2) is 0 Å². The number of likely N-dealkylation sites (N-methyl/N-ethyl adjacent to an activating group) is 2. The predicted octanol–water partition coefficient (Wildman–Crippen LogP) is -15.0. The van der Waals surface area contributed by atoms with Crippen molar-refractivity contribution in [3.63, 3.8) is 0 Å². The number of carbonyl (C=O) groups excluding carboxylic acids is 2. The normalized spacial score (nSPS) is 47.9. The zero-order valence-electron chi connectivity index (χ0n) is 43.6. The Morgan fingerprint density at radius 3 is 1.13 bits per heavy atom. The van der Waals surface area contributed by atoms with Gasteiger partial charge in [-0.3, -0.25) is 9.59 Å². The van der Waals surface area contributed by atoms with E-state index < -0.39 is 194 Å². The molecule has 0 radical (unpaired) electrons. The number of hydrogen-bond acceptors (Lipinski definition) is 32. The van der Waals surface area contributed by atoms with Gasteiger partial charge in [0.2, 0.25) is 11.8 Å². The van der Waals surface area contributed by atoms with Gasteiger partial charge in [-0.05, 0) is 40.8 Å². The Labute approximate surface area is 448 Å². The first kappa shape index (κ1) is 66.5. The van der Waals surface area contributed by atoms with Crippen LogP contribution in [-0.4, -0.2) is 319 Å². The van der Waals surface area contributed by atoms with Crippen LogP contribution in [0.3, 0.4) is 0 Å². The van der Waals surface area contributed by atoms with Crippen molar-refractivity contribution in [2.75, 3.05) is 53.5 Å². The Hall–Kier alpha value is -2.26. The van der Waals surface area contributed by atoms with Gasteiger partial charge in [0.25, 0.3) is 0 Å². The summed E-state index contributed by atoms with van der Waals surface area (Å²) in [5.41, 5.74) is 31.5. The molecular formula is C44H86N10O24. The monoisotopic (exact) mass is 1140 g/mol. The minimum Gasteiger partial charge on any atom is -0.388 e. The molecule has 0 bridgehead atoms. The summed E-state index contributed by atoms with van der Waals surface area (Å²) >= 11 is 0. The van der Waals surface area contributed by atoms with Gasteiger partial charge in [0, 0.05) is 38.3 Å². The van der Waals surface area contributed by atoms with Crippen molar-refractivity contribution in [3.05, 3.63) is 0 Å². The van der Waals surface area contributed by atoms with Gasteiger partial charge in [-0.2, -0.15) is 0 Å². The number of aliphatic hydroxyl groups is 14. The van der Waals surface area contributed by atoms with E-state index >= 15 is 0 Å². The average Bonchev–Trinajstić information content (AvgIpc) is 3.48. The van der Waals surface area contributed by atoms with E-state index in [0.717, 1.165) is 0 Å². The quantitative estimate of drug-likeness (QED) is 0.0606. The SMILES string of the molecule is CN[C@@H]1[C@@H](O)[C@@H](O[C@@H]2[C@@H](O)[C@H](O[C@H]3O[C@H](CN)[C@@H](O)[C@H](O)[C@H]3O)[C@@H](N)C[C@H]2NC(=O)[C@@H](O)CN)OC[C@]1(C)O.CN[C@@H]1[C@@H](O)[C@@H](O[C@@H]2[C@@H](O)[C@H](O[C@H]3O[C@H](CN)[C@@H](O)[C@H](O)[C@H]3O)[C@@H](N)C[C@H]2NC(=O)[C@@H](O)CN)OC[C@]1(C)O. The molecule has 6 fully saturated rings. The topological polar surface area (TPSA) is 595 Å². The van der Waals surface area contributed by atoms with Crippen LogP contribution in [0.2, 0.25) is 0 Å². The second kappa shape index (κ2) is 28.3. The smallest absolute Gasteiger partial charge is 0.250 e. The van der Waals surface area contributed by atoms with E-state index in [2.05, 4.69) is 21.3 Å². The number of nitrogens with two attached hydrogens (primary N) is 6. The van der Waals surface area contributed by atoms with E-state index in [1.54, 1.807) is 0 Å². The van der Waals surface area contributed by atoms with E-state index in [4.69, 9.17) is 72.3 Å². The van der Waals surface area contributed by atoms with Gasteiger partial charge in [0.05, 0.1) is 37.4 Å². The summed E-state index contributed by atoms with van der Waals surface area (Å²) in [6.07, 6.45) is -32.5. The van der Waals surface area contributed by atoms with Crippen LogP contribution >= 0.6 is 0 Å². The maximum atomic E-state index is 12.4. The van der Waals surface area contributed by atoms with Crippen LogP contribution in [0.25, 0.3) is 0 Å². The van der Waals surface area contributed by atoms with E-state index in [0.29, 0.717) is 0 Å². The lowest BCUT2D eigenvalue weighted by Gasteiger charge is -2.49. The van der Waals surface area contributed by atoms with Crippen LogP contribution in [-0.2, 0) is 47.5 Å². The van der Waals surface area contributed by atoms with Crippen LogP contribution in [0.4, 0.5) is 0 Å². The molecule has 78 heavy (non-hydrogen) atoms. The summed E-state index contributed by atoms with van der Waals surface area (Å²) < 4.78 is 45.4. The first-order chi connectivity index (χ1) is 36.5. The number of hydrogen-bond donors (Lipinski definition) is 24. The van der Waals surface area contributed by atoms with Gasteiger partial charge < -0.3 is 165 Å². The fraction of sp³-hybridized carbons (Fsp3) is 0.955. The molecule has 456 valence electrons. The molecule has 2 saturated carbocycles. The summed E-state index contributed by atoms with van der Waals surface area (Å²) in [6.45, 7) is 1.27. The third kappa shape index (κ3) is 14.9. The van der Waals surface area contributed by atoms with Crippen molar-refractivity contribution in [3.8, 4) is 0 Å². The molecule has 0 aromatic rings. The van der Waals surface area contributed by atoms with E-state index in [1.165, 1.54) is 27.9 Å². The highest BCUT2D eigenvalue weighted by atomic mass is 16.7. The molecule has 2 amide bonds. The van der Waals surface area contributed by atoms with Crippen molar-refractivity contribution in [2.45, 2.75) is 209 Å². The van der Waals surface area contributed by atoms with E-state index in [1.807, 2.05) is 0 Å². The lowest BCUT2D eigenvalue weighted by Crippen LogP contribution is -2.70. The molecule has 34 nitrogen and oxygen atoms in total. The molecule has 0 spiro atoms. The Balaban J connectivity index is 0.000000287. The van der Waals surface area contributed by atoms with Crippen LogP contribution in [0.5, 0.6) is 0 Å². The molecule has 4 heterocycles. The molecule has 0 unspecified atom stereocenters. The molecule has 34 heteroatoms. The zero-order chi connectivity index (χ0) is 58.5. The standard InChI is InChI=1S/2C22H43N5O12/c2*1-22(35)6-36-20(15(33)18(22)26-2)39-17-8(27-19(34)9(28)4-23)3-7(25)16(14(17)32)38-21-13(31)12(30)11(29)10(5-24)37-21/h2*7-18,20-21,26,28-33,35H,3-6,23-25H2,1-2H3,(H,27,34)/t2*7-,8+,9-,10+,11+,12-,13+,14-,15+,16+,17-,18+,20+,21+,22-/m00/s1. The average molecular weight is 1140 g/mol.